The van der Waals surface area contributed by atoms with Crippen LogP contribution in [0.3, 0.4) is 0 Å². The van der Waals surface area contributed by atoms with Crippen LogP contribution in [0.5, 0.6) is 0 Å². The summed E-state index contributed by atoms with van der Waals surface area (Å²) in [7, 11) is -3.43. The number of rotatable bonds is 2. The van der Waals surface area contributed by atoms with Crippen molar-refractivity contribution in [3.05, 3.63) is 28.7 Å². The van der Waals surface area contributed by atoms with E-state index >= 15 is 0 Å². The maximum atomic E-state index is 12.6. The zero-order chi connectivity index (χ0) is 14.9. The zero-order valence-corrected chi connectivity index (χ0v) is 14.0. The third-order valence-electron chi connectivity index (χ3n) is 3.95. The lowest BCUT2D eigenvalue weighted by molar-refractivity contribution is -0.280. The van der Waals surface area contributed by atoms with Crippen molar-refractivity contribution in [3.8, 4) is 0 Å². The molecule has 0 amide bonds. The highest BCUT2D eigenvalue weighted by Gasteiger charge is 2.41. The molecule has 21 heavy (non-hydrogen) atoms. The fraction of sp³-hybridized carbons (Fsp3) is 0.571. The number of sulfonamides is 1. The van der Waals surface area contributed by atoms with E-state index in [0.717, 1.165) is 10.9 Å². The molecule has 5 nitrogen and oxygen atoms in total. The van der Waals surface area contributed by atoms with Crippen LogP contribution in [0.4, 0.5) is 0 Å². The second-order valence-corrected chi connectivity index (χ2v) is 8.17. The molecule has 2 saturated heterocycles. The Hall–Kier alpha value is -0.470. The molecule has 2 aliphatic rings. The molecule has 0 radical (unpaired) electrons. The minimum absolute atomic E-state index is 0.326. The average Bonchev–Trinajstić information content (AvgIpc) is 2.49. The fourth-order valence-electron chi connectivity index (χ4n) is 2.73. The molecule has 0 aromatic heterocycles. The van der Waals surface area contributed by atoms with E-state index < -0.39 is 15.8 Å². The Kier molecular flexibility index (Phi) is 4.38. The molecule has 1 aromatic carbocycles. The summed E-state index contributed by atoms with van der Waals surface area (Å²) in [5.74, 6) is -0.565. The second kappa shape index (κ2) is 5.96. The van der Waals surface area contributed by atoms with E-state index in [4.69, 9.17) is 9.47 Å². The zero-order valence-electron chi connectivity index (χ0n) is 11.6. The van der Waals surface area contributed by atoms with Crippen LogP contribution in [0.25, 0.3) is 0 Å². The molecule has 0 unspecified atom stereocenters. The Morgan fingerprint density at radius 1 is 1.05 bits per heavy atom. The summed E-state index contributed by atoms with van der Waals surface area (Å²) in [6.45, 7) is 2.25. The van der Waals surface area contributed by atoms with Gasteiger partial charge in [-0.1, -0.05) is 15.9 Å². The predicted octanol–water partition coefficient (Wildman–Crippen LogP) is 2.37. The highest BCUT2D eigenvalue weighted by Crippen LogP contribution is 2.33. The molecule has 2 aliphatic heterocycles. The first-order chi connectivity index (χ1) is 10.0. The molecular weight excluding hydrogens is 358 g/mol. The normalized spacial score (nSPS) is 23.3. The van der Waals surface area contributed by atoms with Crippen LogP contribution in [0.2, 0.25) is 0 Å². The van der Waals surface area contributed by atoms with Crippen molar-refractivity contribution in [1.82, 2.24) is 4.31 Å². The second-order valence-electron chi connectivity index (χ2n) is 5.32. The first-order valence-corrected chi connectivity index (χ1v) is 9.29. The molecule has 0 atom stereocenters. The lowest BCUT2D eigenvalue weighted by Crippen LogP contribution is -2.51. The van der Waals surface area contributed by atoms with Crippen molar-refractivity contribution in [3.63, 3.8) is 0 Å². The third kappa shape index (κ3) is 3.17. The van der Waals surface area contributed by atoms with Gasteiger partial charge in [0.2, 0.25) is 10.0 Å². The molecule has 1 aromatic rings. The minimum atomic E-state index is -3.43. The van der Waals surface area contributed by atoms with Crippen LogP contribution in [0.1, 0.15) is 19.3 Å². The van der Waals surface area contributed by atoms with Gasteiger partial charge in [0.05, 0.1) is 18.1 Å². The topological polar surface area (TPSA) is 55.8 Å². The van der Waals surface area contributed by atoms with Crippen LogP contribution >= 0.6 is 15.9 Å². The van der Waals surface area contributed by atoms with E-state index in [9.17, 15) is 8.42 Å². The number of nitrogens with zero attached hydrogens (tertiary/aromatic N) is 1. The average molecular weight is 376 g/mol. The molecule has 116 valence electrons. The maximum absolute atomic E-state index is 12.6. The maximum Gasteiger partial charge on any atom is 0.243 e. The van der Waals surface area contributed by atoms with E-state index in [1.807, 2.05) is 0 Å². The molecule has 7 heteroatoms. The van der Waals surface area contributed by atoms with Gasteiger partial charge in [-0.05, 0) is 30.7 Å². The van der Waals surface area contributed by atoms with Crippen LogP contribution in [0, 0.1) is 0 Å². The molecule has 0 bridgehead atoms. The highest BCUT2D eigenvalue weighted by molar-refractivity contribution is 9.10. The van der Waals surface area contributed by atoms with Gasteiger partial charge in [0.1, 0.15) is 0 Å². The largest absolute Gasteiger partial charge is 0.350 e. The highest BCUT2D eigenvalue weighted by atomic mass is 79.9. The summed E-state index contributed by atoms with van der Waals surface area (Å²) >= 11 is 3.31. The molecule has 0 N–H and O–H groups in total. The number of piperidine rings is 1. The van der Waals surface area contributed by atoms with Crippen molar-refractivity contribution in [2.75, 3.05) is 26.3 Å². The molecular formula is C14H18BrNO4S. The summed E-state index contributed by atoms with van der Waals surface area (Å²) in [5, 5.41) is 0. The lowest BCUT2D eigenvalue weighted by atomic mass is 10.0. The Morgan fingerprint density at radius 3 is 2.19 bits per heavy atom. The summed E-state index contributed by atoms with van der Waals surface area (Å²) in [4.78, 5) is 0.326. The van der Waals surface area contributed by atoms with Gasteiger partial charge in [0.25, 0.3) is 0 Å². The third-order valence-corrected chi connectivity index (χ3v) is 6.40. The minimum Gasteiger partial charge on any atom is -0.350 e. The van der Waals surface area contributed by atoms with Crippen LogP contribution in [-0.4, -0.2) is 44.8 Å². The smallest absolute Gasteiger partial charge is 0.243 e. The molecule has 0 aliphatic carbocycles. The number of halogens is 1. The number of hydrogen-bond acceptors (Lipinski definition) is 4. The van der Waals surface area contributed by atoms with E-state index in [1.54, 1.807) is 24.3 Å². The van der Waals surface area contributed by atoms with E-state index in [-0.39, 0.29) is 0 Å². The predicted molar refractivity (Wildman–Crippen MR) is 81.4 cm³/mol. The van der Waals surface area contributed by atoms with Gasteiger partial charge in [0.15, 0.2) is 5.79 Å². The lowest BCUT2D eigenvalue weighted by Gasteiger charge is -2.42. The molecule has 2 fully saturated rings. The van der Waals surface area contributed by atoms with Crippen molar-refractivity contribution in [2.45, 2.75) is 29.9 Å². The first-order valence-electron chi connectivity index (χ1n) is 7.06. The standard InChI is InChI=1S/C14H18BrNO4S/c15-12-2-4-13(5-3-12)21(17,18)16-8-6-14(7-9-16)19-10-1-11-20-14/h2-5H,1,6-11H2. The Bertz CT molecular complexity index is 586. The first kappa shape index (κ1) is 15.4. The Balaban J connectivity index is 1.72. The van der Waals surface area contributed by atoms with E-state index in [0.29, 0.717) is 44.0 Å². The van der Waals surface area contributed by atoms with E-state index in [2.05, 4.69) is 15.9 Å². The van der Waals surface area contributed by atoms with Gasteiger partial charge in [-0.2, -0.15) is 4.31 Å². The summed E-state index contributed by atoms with van der Waals surface area (Å²) in [6, 6.07) is 6.73. The molecule has 3 rings (SSSR count). The van der Waals surface area contributed by atoms with Crippen molar-refractivity contribution < 1.29 is 17.9 Å². The van der Waals surface area contributed by atoms with Gasteiger partial charge in [-0.15, -0.1) is 0 Å². The van der Waals surface area contributed by atoms with Gasteiger partial charge in [0, 0.05) is 30.4 Å². The molecule has 2 heterocycles. The fourth-order valence-corrected chi connectivity index (χ4v) is 4.43. The monoisotopic (exact) mass is 375 g/mol. The SMILES string of the molecule is O=S(=O)(c1ccc(Br)cc1)N1CCC2(CC1)OCCCO2. The van der Waals surface area contributed by atoms with E-state index in [1.165, 1.54) is 4.31 Å². The Labute approximate surface area is 133 Å². The van der Waals surface area contributed by atoms with Crippen molar-refractivity contribution in [1.29, 1.82) is 0 Å². The quantitative estimate of drug-likeness (QED) is 0.795. The van der Waals surface area contributed by atoms with Gasteiger partial charge in [-0.3, -0.25) is 0 Å². The molecule has 0 saturated carbocycles. The summed E-state index contributed by atoms with van der Waals surface area (Å²) in [5.41, 5.74) is 0. The number of ether oxygens (including phenoxy) is 2. The Morgan fingerprint density at radius 2 is 1.62 bits per heavy atom. The van der Waals surface area contributed by atoms with Crippen LogP contribution in [0.15, 0.2) is 33.6 Å². The summed E-state index contributed by atoms with van der Waals surface area (Å²) in [6.07, 6.45) is 2.08. The molecule has 1 spiro atoms. The number of hydrogen-bond donors (Lipinski definition) is 0. The van der Waals surface area contributed by atoms with Crippen LogP contribution < -0.4 is 0 Å². The van der Waals surface area contributed by atoms with Crippen molar-refractivity contribution in [2.24, 2.45) is 0 Å². The van der Waals surface area contributed by atoms with Crippen molar-refractivity contribution >= 4 is 26.0 Å². The number of benzene rings is 1. The van der Waals surface area contributed by atoms with Gasteiger partial charge < -0.3 is 9.47 Å². The summed E-state index contributed by atoms with van der Waals surface area (Å²) < 4.78 is 39.1. The van der Waals surface area contributed by atoms with Gasteiger partial charge in [-0.25, -0.2) is 8.42 Å². The van der Waals surface area contributed by atoms with Gasteiger partial charge >= 0.3 is 0 Å². The van der Waals surface area contributed by atoms with Crippen LogP contribution in [-0.2, 0) is 19.5 Å².